The van der Waals surface area contributed by atoms with E-state index in [-0.39, 0.29) is 0 Å². The molecule has 0 aromatic carbocycles. The van der Waals surface area contributed by atoms with Gasteiger partial charge in [-0.25, -0.2) is 0 Å². The largest absolute Gasteiger partial charge is 0.423 e. The Bertz CT molecular complexity index is 170. The van der Waals surface area contributed by atoms with Crippen molar-refractivity contribution >= 4 is 27.1 Å². The van der Waals surface area contributed by atoms with Crippen LogP contribution in [-0.4, -0.2) is 27.0 Å². The topological polar surface area (TPSA) is 18.5 Å². The van der Waals surface area contributed by atoms with E-state index in [9.17, 15) is 0 Å². The first-order valence-corrected chi connectivity index (χ1v) is 7.39. The zero-order valence-electron chi connectivity index (χ0n) is 8.71. The van der Waals surface area contributed by atoms with Crippen LogP contribution in [-0.2, 0) is 9.39 Å². The summed E-state index contributed by atoms with van der Waals surface area (Å²) in [4.78, 5) is 0. The third kappa shape index (κ3) is 12.3. The Balaban J connectivity index is 3.02. The maximum Gasteiger partial charge on any atom is 0.311 e. The van der Waals surface area contributed by atoms with E-state index >= 15 is 0 Å². The molecule has 2 nitrogen and oxygen atoms in total. The molecule has 0 saturated heterocycles. The number of ether oxygens (including phenoxy) is 1. The van der Waals surface area contributed by atoms with Gasteiger partial charge in [0.2, 0.25) is 0 Å². The summed E-state index contributed by atoms with van der Waals surface area (Å²) in [6.07, 6.45) is 3.12. The predicted octanol–water partition coefficient (Wildman–Crippen LogP) is 2.00. The quantitative estimate of drug-likeness (QED) is 0.227. The van der Waals surface area contributed by atoms with Crippen molar-refractivity contribution in [2.45, 2.75) is 26.2 Å². The zero-order chi connectivity index (χ0) is 10.5. The standard InChI is InChI=1S/C9H18BO2PS/c1-2-3-7-11-8-5-4-6-9-12-10-13-14/h10,13-14H,2-3,5,7-9H2,1H3. The summed E-state index contributed by atoms with van der Waals surface area (Å²) in [7, 11) is 1.25. The molecular formula is C9H18BO2PS. The fourth-order valence-corrected chi connectivity index (χ4v) is 1.23. The Labute approximate surface area is 94.7 Å². The highest BCUT2D eigenvalue weighted by atomic mass is 32.7. The zero-order valence-corrected chi connectivity index (χ0v) is 10.6. The summed E-state index contributed by atoms with van der Waals surface area (Å²) < 4.78 is 10.5. The van der Waals surface area contributed by atoms with Crippen molar-refractivity contribution in [2.24, 2.45) is 0 Å². The summed E-state index contributed by atoms with van der Waals surface area (Å²) in [5.74, 6) is 5.93. The van der Waals surface area contributed by atoms with E-state index in [1.54, 1.807) is 0 Å². The Morgan fingerprint density at radius 1 is 1.36 bits per heavy atom. The predicted molar refractivity (Wildman–Crippen MR) is 68.5 cm³/mol. The van der Waals surface area contributed by atoms with Crippen LogP contribution in [0.1, 0.15) is 26.2 Å². The summed E-state index contributed by atoms with van der Waals surface area (Å²) in [5, 5.41) is 0. The van der Waals surface area contributed by atoms with E-state index in [4.69, 9.17) is 9.39 Å². The molecule has 0 fully saturated rings. The summed E-state index contributed by atoms with van der Waals surface area (Å²) in [5.41, 5.74) is 0. The lowest BCUT2D eigenvalue weighted by atomic mass is 10.4. The van der Waals surface area contributed by atoms with Crippen LogP contribution in [0, 0.1) is 11.8 Å². The van der Waals surface area contributed by atoms with Crippen LogP contribution < -0.4 is 0 Å². The highest BCUT2D eigenvalue weighted by Gasteiger charge is 1.85. The van der Waals surface area contributed by atoms with Gasteiger partial charge in [-0.15, -0.1) is 0 Å². The second-order valence-electron chi connectivity index (χ2n) is 2.72. The molecule has 0 N–H and O–H groups in total. The van der Waals surface area contributed by atoms with Gasteiger partial charge in [0.1, 0.15) is 0 Å². The van der Waals surface area contributed by atoms with Crippen LogP contribution in [0.5, 0.6) is 0 Å². The third-order valence-electron chi connectivity index (χ3n) is 1.48. The van der Waals surface area contributed by atoms with Gasteiger partial charge in [0.25, 0.3) is 0 Å². The van der Waals surface area contributed by atoms with Crippen LogP contribution in [0.15, 0.2) is 0 Å². The minimum atomic E-state index is 0.516. The van der Waals surface area contributed by atoms with E-state index in [2.05, 4.69) is 31.0 Å². The molecule has 0 aliphatic rings. The Kier molecular flexibility index (Phi) is 13.6. The highest BCUT2D eigenvalue weighted by Crippen LogP contribution is 2.10. The summed E-state index contributed by atoms with van der Waals surface area (Å²) in [6, 6.07) is 0. The van der Waals surface area contributed by atoms with Gasteiger partial charge in [-0.3, -0.25) is 0 Å². The lowest BCUT2D eigenvalue weighted by Crippen LogP contribution is -1.95. The van der Waals surface area contributed by atoms with Gasteiger partial charge in [-0.2, -0.15) is 12.2 Å². The lowest BCUT2D eigenvalue weighted by molar-refractivity contribution is 0.137. The van der Waals surface area contributed by atoms with E-state index in [0.29, 0.717) is 21.5 Å². The molecule has 0 amide bonds. The van der Waals surface area contributed by atoms with Gasteiger partial charge in [-0.05, 0) is 6.42 Å². The van der Waals surface area contributed by atoms with E-state index < -0.39 is 0 Å². The average molecular weight is 232 g/mol. The monoisotopic (exact) mass is 232 g/mol. The van der Waals surface area contributed by atoms with Crippen molar-refractivity contribution in [3.05, 3.63) is 0 Å². The number of hydrogen-bond acceptors (Lipinski definition) is 3. The number of unbranched alkanes of at least 4 members (excludes halogenated alkanes) is 1. The van der Waals surface area contributed by atoms with Crippen LogP contribution in [0.3, 0.4) is 0 Å². The van der Waals surface area contributed by atoms with E-state index in [1.807, 2.05) is 0 Å². The number of rotatable bonds is 8. The Hall–Kier alpha value is 0.325. The van der Waals surface area contributed by atoms with Crippen molar-refractivity contribution in [1.82, 2.24) is 0 Å². The fourth-order valence-electron chi connectivity index (χ4n) is 0.759. The molecule has 0 aliphatic heterocycles. The molecule has 80 valence electrons. The molecule has 0 spiro atoms. The molecule has 0 saturated carbocycles. The van der Waals surface area contributed by atoms with E-state index in [1.165, 1.54) is 6.42 Å². The second kappa shape index (κ2) is 13.3. The van der Waals surface area contributed by atoms with Gasteiger partial charge in [0, 0.05) is 13.0 Å². The molecule has 0 radical (unpaired) electrons. The maximum absolute atomic E-state index is 5.35. The molecule has 1 unspecified atom stereocenters. The minimum absolute atomic E-state index is 0.516. The second-order valence-corrected chi connectivity index (χ2v) is 4.27. The minimum Gasteiger partial charge on any atom is -0.423 e. The van der Waals surface area contributed by atoms with Gasteiger partial charge in [0.15, 0.2) is 0 Å². The number of hydrogen-bond donors (Lipinski definition) is 1. The molecule has 0 aliphatic carbocycles. The van der Waals surface area contributed by atoms with Crippen molar-refractivity contribution in [3.63, 3.8) is 0 Å². The average Bonchev–Trinajstić information content (AvgIpc) is 2.21. The normalized spacial score (nSPS) is 10.1. The molecule has 0 aromatic heterocycles. The van der Waals surface area contributed by atoms with Gasteiger partial charge < -0.3 is 9.39 Å². The maximum atomic E-state index is 5.35. The van der Waals surface area contributed by atoms with Crippen molar-refractivity contribution in [2.75, 3.05) is 19.8 Å². The van der Waals surface area contributed by atoms with Crippen LogP contribution >= 0.6 is 19.9 Å². The fraction of sp³-hybridized carbons (Fsp3) is 0.778. The molecule has 0 bridgehead atoms. The van der Waals surface area contributed by atoms with Crippen LogP contribution in [0.4, 0.5) is 0 Å². The van der Waals surface area contributed by atoms with Crippen molar-refractivity contribution < 1.29 is 9.39 Å². The van der Waals surface area contributed by atoms with Gasteiger partial charge >= 0.3 is 7.20 Å². The molecule has 5 heteroatoms. The Morgan fingerprint density at radius 3 is 2.93 bits per heavy atom. The number of thiol groups is 1. The van der Waals surface area contributed by atoms with Gasteiger partial charge in [-0.1, -0.05) is 32.8 Å². The van der Waals surface area contributed by atoms with E-state index in [0.717, 1.165) is 26.1 Å². The smallest absolute Gasteiger partial charge is 0.311 e. The summed E-state index contributed by atoms with van der Waals surface area (Å²) in [6.45, 7) is 4.27. The van der Waals surface area contributed by atoms with Crippen molar-refractivity contribution in [1.29, 1.82) is 0 Å². The van der Waals surface area contributed by atoms with Crippen LogP contribution in [0.25, 0.3) is 0 Å². The molecular weight excluding hydrogens is 214 g/mol. The lowest BCUT2D eigenvalue weighted by Gasteiger charge is -1.98. The molecule has 0 rings (SSSR count). The molecule has 14 heavy (non-hydrogen) atoms. The third-order valence-corrected chi connectivity index (χ3v) is 2.20. The first-order valence-electron chi connectivity index (χ1n) is 4.90. The Morgan fingerprint density at radius 2 is 2.21 bits per heavy atom. The SMILES string of the molecule is CCCCOCCC#CCOBPS. The molecule has 1 atom stereocenters. The van der Waals surface area contributed by atoms with Crippen molar-refractivity contribution in [3.8, 4) is 11.8 Å². The first kappa shape index (κ1) is 14.3. The first-order chi connectivity index (χ1) is 6.91. The molecule has 0 heterocycles. The summed E-state index contributed by atoms with van der Waals surface area (Å²) >= 11 is 4.05. The molecule has 0 aromatic rings. The highest BCUT2D eigenvalue weighted by molar-refractivity contribution is 8.46. The van der Waals surface area contributed by atoms with Gasteiger partial charge in [0.05, 0.1) is 13.2 Å². The van der Waals surface area contributed by atoms with Crippen LogP contribution in [0.2, 0.25) is 0 Å².